The smallest absolute Gasteiger partial charge is 0.243 e. The lowest BCUT2D eigenvalue weighted by Gasteiger charge is -2.22. The van der Waals surface area contributed by atoms with Crippen molar-refractivity contribution in [3.63, 3.8) is 0 Å². The van der Waals surface area contributed by atoms with Crippen LogP contribution in [0, 0.1) is 11.8 Å². The fraction of sp³-hybridized carbons (Fsp3) is 0.692. The van der Waals surface area contributed by atoms with Gasteiger partial charge in [-0.3, -0.25) is 24.0 Å². The van der Waals surface area contributed by atoms with Crippen LogP contribution in [0.15, 0.2) is 10.6 Å². The molecule has 0 spiro atoms. The number of epoxide rings is 1. The Morgan fingerprint density at radius 1 is 0.925 bits per heavy atom. The Bertz CT molecular complexity index is 1050. The summed E-state index contributed by atoms with van der Waals surface area (Å²) in [6, 6.07) is -0.488. The van der Waals surface area contributed by atoms with Crippen LogP contribution in [0.25, 0.3) is 0 Å². The molecule has 1 aliphatic heterocycles. The second-order valence-corrected chi connectivity index (χ2v) is 11.0. The van der Waals surface area contributed by atoms with Crippen LogP contribution >= 0.6 is 0 Å². The second-order valence-electron chi connectivity index (χ2n) is 11.0. The highest BCUT2D eigenvalue weighted by atomic mass is 16.6. The zero-order valence-corrected chi connectivity index (χ0v) is 23.6. The molecule has 2 heterocycles. The predicted molar refractivity (Wildman–Crippen MR) is 140 cm³/mol. The Kier molecular flexibility index (Phi) is 12.2. The van der Waals surface area contributed by atoms with Crippen molar-refractivity contribution in [3.8, 4) is 0 Å². The van der Waals surface area contributed by atoms with Gasteiger partial charge in [0.25, 0.3) is 0 Å². The number of ketones is 1. The highest BCUT2D eigenvalue weighted by Crippen LogP contribution is 2.29. The van der Waals surface area contributed by atoms with Gasteiger partial charge in [-0.1, -0.05) is 32.9 Å². The first-order valence-corrected chi connectivity index (χ1v) is 13.3. The molecule has 1 saturated heterocycles. The maximum Gasteiger partial charge on any atom is 0.243 e. The van der Waals surface area contributed by atoms with Gasteiger partial charge in [0.2, 0.25) is 29.9 Å². The van der Waals surface area contributed by atoms with Gasteiger partial charge in [0, 0.05) is 6.07 Å². The molecule has 0 aromatic carbocycles. The molecule has 14 nitrogen and oxygen atoms in total. The van der Waals surface area contributed by atoms with Gasteiger partial charge in [0.1, 0.15) is 11.6 Å². The third-order valence-electron chi connectivity index (χ3n) is 6.18. The third-order valence-corrected chi connectivity index (χ3v) is 6.18. The van der Waals surface area contributed by atoms with E-state index in [0.29, 0.717) is 25.9 Å². The van der Waals surface area contributed by atoms with Crippen molar-refractivity contribution in [1.82, 2.24) is 26.4 Å². The molecule has 14 heteroatoms. The lowest BCUT2D eigenvalue weighted by atomic mass is 9.93. The monoisotopic (exact) mass is 567 g/mol. The number of aliphatic hydroxyl groups excluding tert-OH is 1. The number of rotatable bonds is 17. The molecular formula is C26H41N5O9. The van der Waals surface area contributed by atoms with E-state index in [1.807, 2.05) is 27.7 Å². The normalized spacial score (nSPS) is 17.9. The van der Waals surface area contributed by atoms with Crippen LogP contribution in [-0.2, 0) is 35.1 Å². The molecule has 4 amide bonds. The lowest BCUT2D eigenvalue weighted by Crippen LogP contribution is -2.53. The van der Waals surface area contributed by atoms with Crippen LogP contribution in [0.1, 0.15) is 71.6 Å². The van der Waals surface area contributed by atoms with Gasteiger partial charge in [-0.05, 0) is 38.0 Å². The minimum atomic E-state index is -1.86. The summed E-state index contributed by atoms with van der Waals surface area (Å²) < 4.78 is 9.91. The van der Waals surface area contributed by atoms with Gasteiger partial charge < -0.3 is 40.7 Å². The molecule has 1 fully saturated rings. The highest BCUT2D eigenvalue weighted by molar-refractivity contribution is 5.97. The Morgan fingerprint density at radius 2 is 1.52 bits per heavy atom. The average molecular weight is 568 g/mol. The highest BCUT2D eigenvalue weighted by Gasteiger charge is 2.50. The number of hydrogen-bond donors (Lipinski definition) is 6. The largest absolute Gasteiger partial charge is 0.362 e. The van der Waals surface area contributed by atoms with Crippen molar-refractivity contribution in [1.29, 1.82) is 0 Å². The van der Waals surface area contributed by atoms with Crippen LogP contribution in [0.4, 0.5) is 0 Å². The van der Waals surface area contributed by atoms with Gasteiger partial charge in [0.05, 0.1) is 37.9 Å². The van der Waals surface area contributed by atoms with E-state index in [2.05, 4.69) is 30.9 Å². The Balaban J connectivity index is 1.87. The summed E-state index contributed by atoms with van der Waals surface area (Å²) in [5.41, 5.74) is -0.748. The molecule has 224 valence electrons. The Morgan fingerprint density at radius 3 is 2.05 bits per heavy atom. The van der Waals surface area contributed by atoms with E-state index in [-0.39, 0.29) is 42.0 Å². The van der Waals surface area contributed by atoms with Gasteiger partial charge in [-0.25, -0.2) is 0 Å². The first-order chi connectivity index (χ1) is 18.7. The quantitative estimate of drug-likeness (QED) is 0.102. The van der Waals surface area contributed by atoms with Crippen molar-refractivity contribution in [2.24, 2.45) is 11.8 Å². The average Bonchev–Trinajstić information content (AvgIpc) is 3.44. The molecule has 0 radical (unpaired) electrons. The van der Waals surface area contributed by atoms with Crippen LogP contribution < -0.4 is 21.3 Å². The van der Waals surface area contributed by atoms with Crippen LogP contribution in [0.3, 0.4) is 0 Å². The summed E-state index contributed by atoms with van der Waals surface area (Å²) in [4.78, 5) is 62.8. The number of aromatic nitrogens is 1. The number of hydrogen-bond acceptors (Lipinski definition) is 10. The standard InChI is InChI=1S/C26H41N5O9/c1-14(2)6-7-17(29-21(33)11-27-20(32)10-16-9-19(25(37)38)40-31-16)24(36)28-12-22(34)30-18(8-15(3)4)23(35)26(5)13-39-26/h9,14-15,17-18,25,37-38H,6-8,10-13H2,1-5H3,(H,27,32)(H,28,36)(H,29,33)(H,30,34). The number of nitrogens with one attached hydrogen (secondary N) is 4. The summed E-state index contributed by atoms with van der Waals surface area (Å²) >= 11 is 0. The minimum absolute atomic E-state index is 0.143. The molecule has 2 rings (SSSR count). The zero-order chi connectivity index (χ0) is 30.0. The molecule has 1 aromatic heterocycles. The van der Waals surface area contributed by atoms with E-state index in [1.54, 1.807) is 6.92 Å². The summed E-state index contributed by atoms with van der Waals surface area (Å²) in [7, 11) is 0. The van der Waals surface area contributed by atoms with E-state index in [0.717, 1.165) is 0 Å². The maximum atomic E-state index is 12.9. The van der Waals surface area contributed by atoms with Gasteiger partial charge in [-0.15, -0.1) is 0 Å². The van der Waals surface area contributed by atoms with E-state index in [4.69, 9.17) is 14.9 Å². The van der Waals surface area contributed by atoms with Crippen molar-refractivity contribution >= 4 is 29.4 Å². The molecule has 0 saturated carbocycles. The number of carbonyl (C=O) groups excluding carboxylic acids is 5. The Labute approximate surface area is 232 Å². The maximum absolute atomic E-state index is 12.9. The van der Waals surface area contributed by atoms with Crippen LogP contribution in [-0.4, -0.2) is 82.2 Å². The first-order valence-electron chi connectivity index (χ1n) is 13.3. The topological polar surface area (TPSA) is 212 Å². The number of nitrogens with zero attached hydrogens (tertiary/aromatic N) is 1. The fourth-order valence-electron chi connectivity index (χ4n) is 3.81. The molecule has 0 bridgehead atoms. The molecule has 1 aromatic rings. The SMILES string of the molecule is CC(C)CCC(NC(=O)CNC(=O)Cc1cc(C(O)O)on1)C(=O)NCC(=O)NC(CC(C)C)C(=O)C1(C)CO1. The van der Waals surface area contributed by atoms with Crippen molar-refractivity contribution in [3.05, 3.63) is 17.5 Å². The minimum Gasteiger partial charge on any atom is -0.362 e. The predicted octanol–water partition coefficient (Wildman–Crippen LogP) is -0.757. The van der Waals surface area contributed by atoms with E-state index < -0.39 is 54.1 Å². The molecular weight excluding hydrogens is 526 g/mol. The van der Waals surface area contributed by atoms with Crippen LogP contribution in [0.2, 0.25) is 0 Å². The van der Waals surface area contributed by atoms with Gasteiger partial charge >= 0.3 is 0 Å². The Hall–Kier alpha value is -3.36. The van der Waals surface area contributed by atoms with Crippen LogP contribution in [0.5, 0.6) is 0 Å². The summed E-state index contributed by atoms with van der Waals surface area (Å²) in [5, 5.41) is 31.8. The molecule has 3 unspecified atom stereocenters. The molecule has 0 aliphatic carbocycles. The number of ether oxygens (including phenoxy) is 1. The van der Waals surface area contributed by atoms with Gasteiger partial charge in [0.15, 0.2) is 11.5 Å². The van der Waals surface area contributed by atoms with E-state index >= 15 is 0 Å². The molecule has 40 heavy (non-hydrogen) atoms. The number of carbonyl (C=O) groups is 5. The number of Topliss-reactive ketones (excluding diaryl/α,β-unsaturated/α-hetero) is 1. The molecule has 3 atom stereocenters. The zero-order valence-electron chi connectivity index (χ0n) is 23.6. The lowest BCUT2D eigenvalue weighted by molar-refractivity contribution is -0.132. The third kappa shape index (κ3) is 11.0. The van der Waals surface area contributed by atoms with E-state index in [9.17, 15) is 24.0 Å². The van der Waals surface area contributed by atoms with E-state index in [1.165, 1.54) is 6.07 Å². The summed E-state index contributed by atoms with van der Waals surface area (Å²) in [6.07, 6.45) is -0.773. The molecule has 6 N–H and O–H groups in total. The molecule has 1 aliphatic rings. The van der Waals surface area contributed by atoms with Crippen molar-refractivity contribution in [2.75, 3.05) is 19.7 Å². The first kappa shape index (κ1) is 32.8. The number of amides is 4. The second kappa shape index (κ2) is 14.9. The summed E-state index contributed by atoms with van der Waals surface area (Å²) in [5.74, 6) is -2.34. The van der Waals surface area contributed by atoms with Crippen molar-refractivity contribution in [2.45, 2.75) is 84.3 Å². The fourth-order valence-corrected chi connectivity index (χ4v) is 3.81. The number of aliphatic hydroxyl groups is 2. The van der Waals surface area contributed by atoms with Gasteiger partial charge in [-0.2, -0.15) is 0 Å². The summed E-state index contributed by atoms with van der Waals surface area (Å²) in [6.45, 7) is 8.97. The van der Waals surface area contributed by atoms with Crippen molar-refractivity contribution < 1.29 is 43.4 Å².